The van der Waals surface area contributed by atoms with E-state index in [9.17, 15) is 9.59 Å². The number of hydrogen-bond donors (Lipinski definition) is 2. The van der Waals surface area contributed by atoms with Crippen LogP contribution < -0.4 is 11.1 Å². The second-order valence-electron chi connectivity index (χ2n) is 3.02. The van der Waals surface area contributed by atoms with Crippen molar-refractivity contribution >= 4 is 11.7 Å². The second kappa shape index (κ2) is 5.71. The van der Waals surface area contributed by atoms with Gasteiger partial charge in [-0.2, -0.15) is 0 Å². The number of carbonyl (C=O) groups excluding carboxylic acids is 2. The smallest absolute Gasteiger partial charge is 0.227 e. The van der Waals surface area contributed by atoms with Gasteiger partial charge in [-0.25, -0.2) is 0 Å². The minimum atomic E-state index is -0.220. The van der Waals surface area contributed by atoms with Gasteiger partial charge in [-0.1, -0.05) is 6.92 Å². The molecule has 0 aromatic carbocycles. The Morgan fingerprint density at radius 2 is 2.08 bits per heavy atom. The van der Waals surface area contributed by atoms with Crippen LogP contribution in [-0.2, 0) is 9.59 Å². The van der Waals surface area contributed by atoms with Crippen LogP contribution in [-0.4, -0.2) is 24.8 Å². The first kappa shape index (κ1) is 11.1. The maximum Gasteiger partial charge on any atom is 0.227 e. The molecule has 4 heteroatoms. The van der Waals surface area contributed by atoms with Crippen molar-refractivity contribution in [3.8, 4) is 0 Å². The zero-order valence-corrected chi connectivity index (χ0v) is 7.59. The SMILES string of the molecule is CC(=O)CC(=O)NCC(C)CN. The Morgan fingerprint density at radius 3 is 2.50 bits per heavy atom. The highest BCUT2D eigenvalue weighted by Crippen LogP contribution is 1.88. The number of rotatable bonds is 5. The topological polar surface area (TPSA) is 72.2 Å². The van der Waals surface area contributed by atoms with Gasteiger partial charge in [-0.15, -0.1) is 0 Å². The van der Waals surface area contributed by atoms with Gasteiger partial charge in [-0.05, 0) is 19.4 Å². The Kier molecular flexibility index (Phi) is 5.28. The summed E-state index contributed by atoms with van der Waals surface area (Å²) in [5, 5.41) is 2.62. The van der Waals surface area contributed by atoms with Gasteiger partial charge in [-0.3, -0.25) is 9.59 Å². The molecule has 1 atom stereocenters. The molecule has 0 aromatic heterocycles. The normalized spacial score (nSPS) is 12.2. The molecule has 0 radical (unpaired) electrons. The third-order valence-electron chi connectivity index (χ3n) is 1.46. The van der Waals surface area contributed by atoms with Gasteiger partial charge in [0.25, 0.3) is 0 Å². The molecule has 12 heavy (non-hydrogen) atoms. The third kappa shape index (κ3) is 5.85. The van der Waals surface area contributed by atoms with Gasteiger partial charge in [0.1, 0.15) is 5.78 Å². The lowest BCUT2D eigenvalue weighted by atomic mass is 10.2. The molecule has 0 bridgehead atoms. The van der Waals surface area contributed by atoms with Crippen LogP contribution in [0.3, 0.4) is 0 Å². The lowest BCUT2D eigenvalue weighted by Crippen LogP contribution is -2.32. The molecule has 3 N–H and O–H groups in total. The number of hydrogen-bond acceptors (Lipinski definition) is 3. The predicted molar refractivity (Wildman–Crippen MR) is 46.5 cm³/mol. The summed E-state index contributed by atoms with van der Waals surface area (Å²) in [5.74, 6) is -0.0726. The number of amides is 1. The summed E-state index contributed by atoms with van der Waals surface area (Å²) >= 11 is 0. The van der Waals surface area contributed by atoms with E-state index in [1.54, 1.807) is 0 Å². The molecule has 0 aromatic rings. The molecule has 1 amide bonds. The number of nitrogens with one attached hydrogen (secondary N) is 1. The van der Waals surface area contributed by atoms with E-state index in [2.05, 4.69) is 5.32 Å². The Morgan fingerprint density at radius 1 is 1.50 bits per heavy atom. The van der Waals surface area contributed by atoms with Gasteiger partial charge < -0.3 is 11.1 Å². The van der Waals surface area contributed by atoms with Crippen molar-refractivity contribution in [1.29, 1.82) is 0 Å². The zero-order valence-electron chi connectivity index (χ0n) is 7.59. The molecule has 0 aliphatic carbocycles. The first-order chi connectivity index (χ1) is 5.56. The summed E-state index contributed by atoms with van der Waals surface area (Å²) in [6, 6.07) is 0. The van der Waals surface area contributed by atoms with Crippen molar-refractivity contribution < 1.29 is 9.59 Å². The number of nitrogens with two attached hydrogens (primary N) is 1. The molecule has 0 aliphatic rings. The molecule has 0 rings (SSSR count). The van der Waals surface area contributed by atoms with E-state index >= 15 is 0 Å². The van der Waals surface area contributed by atoms with E-state index in [1.807, 2.05) is 6.92 Å². The summed E-state index contributed by atoms with van der Waals surface area (Å²) in [4.78, 5) is 21.4. The maximum atomic E-state index is 10.9. The Balaban J connectivity index is 3.50. The largest absolute Gasteiger partial charge is 0.355 e. The summed E-state index contributed by atoms with van der Waals surface area (Å²) < 4.78 is 0. The number of carbonyl (C=O) groups is 2. The average Bonchev–Trinajstić information content (AvgIpc) is 1.99. The zero-order chi connectivity index (χ0) is 9.56. The molecule has 0 heterocycles. The van der Waals surface area contributed by atoms with E-state index in [1.165, 1.54) is 6.92 Å². The van der Waals surface area contributed by atoms with E-state index < -0.39 is 0 Å². The van der Waals surface area contributed by atoms with Crippen molar-refractivity contribution in [3.63, 3.8) is 0 Å². The minimum Gasteiger partial charge on any atom is -0.355 e. The predicted octanol–water partition coefficient (Wildman–Crippen LogP) is -0.323. The van der Waals surface area contributed by atoms with Crippen LogP contribution in [0.25, 0.3) is 0 Å². The fourth-order valence-corrected chi connectivity index (χ4v) is 0.660. The van der Waals surface area contributed by atoms with Crippen LogP contribution in [0, 0.1) is 5.92 Å². The Labute approximate surface area is 72.5 Å². The van der Waals surface area contributed by atoms with Crippen molar-refractivity contribution in [2.75, 3.05) is 13.1 Å². The maximum absolute atomic E-state index is 10.9. The van der Waals surface area contributed by atoms with Crippen molar-refractivity contribution in [1.82, 2.24) is 5.32 Å². The first-order valence-electron chi connectivity index (χ1n) is 4.02. The van der Waals surface area contributed by atoms with Crippen LogP contribution in [0.1, 0.15) is 20.3 Å². The quantitative estimate of drug-likeness (QED) is 0.558. The number of ketones is 1. The summed E-state index contributed by atoms with van der Waals surface area (Å²) in [6.45, 7) is 4.42. The molecule has 4 nitrogen and oxygen atoms in total. The highest BCUT2D eigenvalue weighted by molar-refractivity contribution is 5.96. The van der Waals surface area contributed by atoms with Crippen molar-refractivity contribution in [2.24, 2.45) is 11.7 Å². The second-order valence-corrected chi connectivity index (χ2v) is 3.02. The molecule has 0 saturated carbocycles. The summed E-state index contributed by atoms with van der Waals surface area (Å²) in [6.07, 6.45) is -0.0305. The van der Waals surface area contributed by atoms with Gasteiger partial charge in [0, 0.05) is 6.54 Å². The first-order valence-corrected chi connectivity index (χ1v) is 4.02. The molecular weight excluding hydrogens is 156 g/mol. The van der Waals surface area contributed by atoms with Gasteiger partial charge >= 0.3 is 0 Å². The third-order valence-corrected chi connectivity index (χ3v) is 1.46. The standard InChI is InChI=1S/C8H16N2O2/c1-6(4-9)5-10-8(12)3-7(2)11/h6H,3-5,9H2,1-2H3,(H,10,12). The van der Waals surface area contributed by atoms with Crippen LogP contribution in [0.5, 0.6) is 0 Å². The fraction of sp³-hybridized carbons (Fsp3) is 0.750. The average molecular weight is 172 g/mol. The minimum absolute atomic E-state index is 0.0305. The van der Waals surface area contributed by atoms with Gasteiger partial charge in [0.2, 0.25) is 5.91 Å². The molecule has 0 saturated heterocycles. The fourth-order valence-electron chi connectivity index (χ4n) is 0.660. The highest BCUT2D eigenvalue weighted by Gasteiger charge is 2.05. The van der Waals surface area contributed by atoms with E-state index in [4.69, 9.17) is 5.73 Å². The monoisotopic (exact) mass is 172 g/mol. The molecule has 0 spiro atoms. The van der Waals surface area contributed by atoms with E-state index in [0.717, 1.165) is 0 Å². The summed E-state index contributed by atoms with van der Waals surface area (Å²) in [5.41, 5.74) is 5.34. The molecule has 1 unspecified atom stereocenters. The van der Waals surface area contributed by atoms with Crippen molar-refractivity contribution in [2.45, 2.75) is 20.3 Å². The van der Waals surface area contributed by atoms with Gasteiger partial charge in [0.15, 0.2) is 0 Å². The van der Waals surface area contributed by atoms with Crippen LogP contribution >= 0.6 is 0 Å². The number of Topliss-reactive ketones (excluding diaryl/α,β-unsaturated/α-hetero) is 1. The Bertz CT molecular complexity index is 168. The summed E-state index contributed by atoms with van der Waals surface area (Å²) in [7, 11) is 0. The Hall–Kier alpha value is -0.900. The van der Waals surface area contributed by atoms with Crippen LogP contribution in [0.4, 0.5) is 0 Å². The van der Waals surface area contributed by atoms with Crippen LogP contribution in [0.2, 0.25) is 0 Å². The highest BCUT2D eigenvalue weighted by atomic mass is 16.2. The van der Waals surface area contributed by atoms with Crippen molar-refractivity contribution in [3.05, 3.63) is 0 Å². The van der Waals surface area contributed by atoms with E-state index in [-0.39, 0.29) is 24.0 Å². The molecule has 0 fully saturated rings. The molecule has 0 aliphatic heterocycles. The van der Waals surface area contributed by atoms with E-state index in [0.29, 0.717) is 13.1 Å². The molecular formula is C8H16N2O2. The van der Waals surface area contributed by atoms with Crippen LogP contribution in [0.15, 0.2) is 0 Å². The van der Waals surface area contributed by atoms with Gasteiger partial charge in [0.05, 0.1) is 6.42 Å². The lowest BCUT2D eigenvalue weighted by molar-refractivity contribution is -0.127. The molecule has 70 valence electrons. The lowest BCUT2D eigenvalue weighted by Gasteiger charge is -2.08.